The molecule has 0 radical (unpaired) electrons. The molecule has 0 saturated carbocycles. The molecule has 4 nitrogen and oxygen atoms in total. The van der Waals surface area contributed by atoms with Crippen LogP contribution >= 0.6 is 0 Å². The SMILES string of the molecule is CC1CC(c2ccc3c4c(n(C5N=C(c6ccc7c8cccc9cccc(c%10cccc6c%107)c98)c6ccccc6[NH2+]5)c3c2)CCC=C4)=Cc2c1oc1ccccc21. The fourth-order valence-electron chi connectivity index (χ4n) is 10.7. The number of allylic oxidation sites excluding steroid dienone is 2. The number of quaternary nitrogens is 1. The number of nitrogens with two attached hydrogens (primary N) is 1. The van der Waals surface area contributed by atoms with Crippen LogP contribution in [0.2, 0.25) is 0 Å². The van der Waals surface area contributed by atoms with Crippen LogP contribution in [-0.4, -0.2) is 10.3 Å². The number of fused-ring (bicyclic) bond motifs is 9. The van der Waals surface area contributed by atoms with E-state index in [0.29, 0.717) is 5.92 Å². The highest BCUT2D eigenvalue weighted by Crippen LogP contribution is 2.45. The first-order valence-electron chi connectivity index (χ1n) is 20.3. The van der Waals surface area contributed by atoms with Crippen molar-refractivity contribution in [2.75, 3.05) is 0 Å². The zero-order valence-electron chi connectivity index (χ0n) is 31.6. The van der Waals surface area contributed by atoms with Crippen molar-refractivity contribution in [1.82, 2.24) is 4.57 Å². The third-order valence-corrected chi connectivity index (χ3v) is 13.2. The van der Waals surface area contributed by atoms with Crippen LogP contribution in [0.4, 0.5) is 5.69 Å². The molecule has 0 amide bonds. The van der Waals surface area contributed by atoms with Crippen molar-refractivity contribution in [2.24, 2.45) is 4.99 Å². The maximum absolute atomic E-state index is 6.39. The lowest BCUT2D eigenvalue weighted by molar-refractivity contribution is -0.634. The number of benzene rings is 8. The smallest absolute Gasteiger partial charge is 0.269 e. The second kappa shape index (κ2) is 11.6. The summed E-state index contributed by atoms with van der Waals surface area (Å²) < 4.78 is 8.95. The van der Waals surface area contributed by atoms with Gasteiger partial charge in [0.1, 0.15) is 17.0 Å². The molecule has 3 aliphatic rings. The minimum Gasteiger partial charge on any atom is -0.460 e. The maximum Gasteiger partial charge on any atom is 0.269 e. The molecule has 57 heavy (non-hydrogen) atoms. The molecule has 1 aliphatic heterocycles. The van der Waals surface area contributed by atoms with Crippen molar-refractivity contribution < 1.29 is 9.73 Å². The molecular formula is C53H38N3O+. The lowest BCUT2D eigenvalue weighted by atomic mass is 9.85. The summed E-state index contributed by atoms with van der Waals surface area (Å²) in [6, 6.07) is 49.4. The number of furan rings is 1. The molecule has 3 heterocycles. The van der Waals surface area contributed by atoms with E-state index < -0.39 is 0 Å². The summed E-state index contributed by atoms with van der Waals surface area (Å²) in [4.78, 5) is 5.81. The number of aliphatic imine (C=N–C) groups is 1. The van der Waals surface area contributed by atoms with E-state index in [2.05, 4.69) is 168 Å². The zero-order valence-corrected chi connectivity index (χ0v) is 31.6. The second-order valence-corrected chi connectivity index (χ2v) is 16.3. The average molecular weight is 733 g/mol. The van der Waals surface area contributed by atoms with Crippen molar-refractivity contribution in [3.63, 3.8) is 0 Å². The van der Waals surface area contributed by atoms with Gasteiger partial charge in [0.25, 0.3) is 6.29 Å². The molecule has 2 aliphatic carbocycles. The van der Waals surface area contributed by atoms with Crippen LogP contribution in [0, 0.1) is 0 Å². The lowest BCUT2D eigenvalue weighted by Gasteiger charge is -2.26. The summed E-state index contributed by atoms with van der Waals surface area (Å²) in [5.41, 5.74) is 13.4. The van der Waals surface area contributed by atoms with Gasteiger partial charge in [-0.15, -0.1) is 0 Å². The first kappa shape index (κ1) is 31.5. The maximum atomic E-state index is 6.39. The van der Waals surface area contributed by atoms with Crippen LogP contribution in [0.3, 0.4) is 0 Å². The van der Waals surface area contributed by atoms with Crippen molar-refractivity contribution in [1.29, 1.82) is 0 Å². The van der Waals surface area contributed by atoms with Crippen LogP contribution in [0.25, 0.3) is 82.7 Å². The van der Waals surface area contributed by atoms with Gasteiger partial charge in [0.15, 0.2) is 0 Å². The topological polar surface area (TPSA) is 47.0 Å². The first-order valence-corrected chi connectivity index (χ1v) is 20.3. The molecule has 270 valence electrons. The van der Waals surface area contributed by atoms with Gasteiger partial charge in [-0.3, -0.25) is 9.88 Å². The van der Waals surface area contributed by atoms with E-state index in [4.69, 9.17) is 9.41 Å². The average Bonchev–Trinajstić information content (AvgIpc) is 3.81. The Morgan fingerprint density at radius 1 is 0.667 bits per heavy atom. The number of hydrogen-bond donors (Lipinski definition) is 1. The summed E-state index contributed by atoms with van der Waals surface area (Å²) in [6.07, 6.45) is 9.81. The molecular weight excluding hydrogens is 695 g/mol. The molecule has 10 aromatic rings. The predicted octanol–water partition coefficient (Wildman–Crippen LogP) is 12.6. The quantitative estimate of drug-likeness (QED) is 0.110. The van der Waals surface area contributed by atoms with E-state index in [1.807, 2.05) is 0 Å². The molecule has 0 fully saturated rings. The summed E-state index contributed by atoms with van der Waals surface area (Å²) in [5.74, 6) is 1.40. The van der Waals surface area contributed by atoms with Crippen LogP contribution in [0.1, 0.15) is 71.2 Å². The van der Waals surface area contributed by atoms with Gasteiger partial charge >= 0.3 is 0 Å². The Labute approximate surface area is 329 Å². The molecule has 8 aromatic carbocycles. The van der Waals surface area contributed by atoms with E-state index in [1.165, 1.54) is 104 Å². The molecule has 0 bridgehead atoms. The highest BCUT2D eigenvalue weighted by Gasteiger charge is 2.32. The lowest BCUT2D eigenvalue weighted by Crippen LogP contribution is -2.82. The van der Waals surface area contributed by atoms with Crippen LogP contribution < -0.4 is 5.32 Å². The third-order valence-electron chi connectivity index (χ3n) is 13.2. The third kappa shape index (κ3) is 4.39. The van der Waals surface area contributed by atoms with Gasteiger partial charge in [-0.2, -0.15) is 0 Å². The summed E-state index contributed by atoms with van der Waals surface area (Å²) in [5, 5.41) is 15.3. The van der Waals surface area contributed by atoms with Crippen LogP contribution in [0.15, 0.2) is 149 Å². The predicted molar refractivity (Wildman–Crippen MR) is 237 cm³/mol. The highest BCUT2D eigenvalue weighted by molar-refractivity contribution is 6.35. The zero-order chi connectivity index (χ0) is 37.4. The van der Waals surface area contributed by atoms with Crippen LogP contribution in [0.5, 0.6) is 0 Å². The number of nitrogens with zero attached hydrogens (tertiary/aromatic N) is 2. The summed E-state index contributed by atoms with van der Waals surface area (Å²) in [7, 11) is 0. The fourth-order valence-corrected chi connectivity index (χ4v) is 10.7. The van der Waals surface area contributed by atoms with E-state index in [-0.39, 0.29) is 6.29 Å². The second-order valence-electron chi connectivity index (χ2n) is 16.3. The monoisotopic (exact) mass is 732 g/mol. The van der Waals surface area contributed by atoms with Gasteiger partial charge in [-0.25, -0.2) is 4.99 Å². The van der Waals surface area contributed by atoms with Gasteiger partial charge in [0, 0.05) is 39.1 Å². The van der Waals surface area contributed by atoms with Gasteiger partial charge in [-0.05, 0) is 104 Å². The largest absolute Gasteiger partial charge is 0.460 e. The Morgan fingerprint density at radius 2 is 1.40 bits per heavy atom. The van der Waals surface area contributed by atoms with Crippen molar-refractivity contribution in [3.05, 3.63) is 179 Å². The van der Waals surface area contributed by atoms with Gasteiger partial charge in [0.2, 0.25) is 0 Å². The van der Waals surface area contributed by atoms with Crippen LogP contribution in [-0.2, 0) is 6.42 Å². The molecule has 0 spiro atoms. The Bertz CT molecular complexity index is 3390. The van der Waals surface area contributed by atoms with E-state index >= 15 is 0 Å². The first-order chi connectivity index (χ1) is 28.2. The standard InChI is InChI=1S/C53H37N3O/c1-30-27-33(28-44-36-14-4-7-22-48(36)57-52(30)44)32-23-24-35-34-13-3-6-21-46(34)56(47(35)29-32)53-54-45-20-5-2-15-43(45)51(55-53)42-26-25-41-38-17-9-12-31-11-8-16-37(49(31)38)39-18-10-19-40(42)50(39)41/h2-5,7-20,22-26,28-30,53-54H,6,21,27H2,1H3/p+1. The Hall–Kier alpha value is -6.75. The number of hydrogen-bond acceptors (Lipinski definition) is 2. The molecule has 4 heteroatoms. The van der Waals surface area contributed by atoms with E-state index in [0.717, 1.165) is 36.3 Å². The Kier molecular flexibility index (Phi) is 6.42. The van der Waals surface area contributed by atoms with E-state index in [1.54, 1.807) is 0 Å². The van der Waals surface area contributed by atoms with Gasteiger partial charge in [0.05, 0.1) is 16.8 Å². The molecule has 0 saturated heterocycles. The van der Waals surface area contributed by atoms with Crippen molar-refractivity contribution in [3.8, 4) is 0 Å². The summed E-state index contributed by atoms with van der Waals surface area (Å²) in [6.45, 7) is 2.30. The van der Waals surface area contributed by atoms with Crippen molar-refractivity contribution >= 4 is 94.1 Å². The fraction of sp³-hybridized carbons (Fsp3) is 0.113. The minimum absolute atomic E-state index is 0.202. The Morgan fingerprint density at radius 3 is 2.30 bits per heavy atom. The van der Waals surface area contributed by atoms with Gasteiger partial charge < -0.3 is 4.42 Å². The summed E-state index contributed by atoms with van der Waals surface area (Å²) >= 11 is 0. The Balaban J connectivity index is 1.03. The normalized spacial score (nSPS) is 17.8. The van der Waals surface area contributed by atoms with E-state index in [9.17, 15) is 0 Å². The van der Waals surface area contributed by atoms with Gasteiger partial charge in [-0.1, -0.05) is 128 Å². The number of aromatic nitrogens is 1. The number of para-hydroxylation sites is 2. The number of rotatable bonds is 3. The highest BCUT2D eigenvalue weighted by atomic mass is 16.3. The molecule has 2 aromatic heterocycles. The molecule has 2 atom stereocenters. The minimum atomic E-state index is -0.202. The van der Waals surface area contributed by atoms with Crippen molar-refractivity contribution in [2.45, 2.75) is 38.4 Å². The molecule has 2 unspecified atom stereocenters. The molecule has 2 N–H and O–H groups in total. The molecule has 13 rings (SSSR count).